The summed E-state index contributed by atoms with van der Waals surface area (Å²) < 4.78 is 1.98. The number of carbonyl (C=O) groups is 2. The molecule has 4 aromatic rings. The smallest absolute Gasteiger partial charge is 0.228 e. The van der Waals surface area contributed by atoms with Crippen molar-refractivity contribution >= 4 is 22.6 Å². The van der Waals surface area contributed by atoms with E-state index in [1.54, 1.807) is 31.6 Å². The number of hydrogen-bond acceptors (Lipinski definition) is 4. The van der Waals surface area contributed by atoms with Crippen molar-refractivity contribution in [1.82, 2.24) is 19.4 Å². The number of benzene rings is 3. The van der Waals surface area contributed by atoms with Gasteiger partial charge >= 0.3 is 0 Å². The SMILES string of the molecule is CC(=O)N(Cc1cccc2ccccc12)C[C@@H]1CCCN1C(=O)Cc1cncn1Cc1ccc(C#N)cc1. The van der Waals surface area contributed by atoms with E-state index in [1.165, 1.54) is 0 Å². The highest BCUT2D eigenvalue weighted by molar-refractivity contribution is 5.86. The van der Waals surface area contributed by atoms with Crippen molar-refractivity contribution in [3.05, 3.63) is 102 Å². The lowest BCUT2D eigenvalue weighted by molar-refractivity contribution is -0.135. The van der Waals surface area contributed by atoms with Crippen molar-refractivity contribution in [2.75, 3.05) is 13.1 Å². The van der Waals surface area contributed by atoms with Gasteiger partial charge in [-0.05, 0) is 46.9 Å². The van der Waals surface area contributed by atoms with Crippen LogP contribution in [0.25, 0.3) is 10.8 Å². The van der Waals surface area contributed by atoms with Crippen LogP contribution in [0.5, 0.6) is 0 Å². The molecule has 0 aliphatic carbocycles. The monoisotopic (exact) mass is 505 g/mol. The standard InChI is InChI=1S/C31H31N5O2/c1-23(37)34(20-27-8-4-7-26-6-2-3-10-30(26)27)21-28-9-5-15-36(28)31(38)16-29-18-33-22-35(29)19-25-13-11-24(17-32)12-14-25/h2-4,6-8,10-14,18,22,28H,5,9,15-16,19-21H2,1H3/t28-/m0/s1. The molecule has 1 saturated heterocycles. The number of imidazole rings is 1. The summed E-state index contributed by atoms with van der Waals surface area (Å²) in [6, 6.07) is 24.0. The zero-order chi connectivity index (χ0) is 26.5. The Hall–Kier alpha value is -4.44. The molecule has 2 amide bonds. The molecule has 1 atom stereocenters. The van der Waals surface area contributed by atoms with Crippen LogP contribution < -0.4 is 0 Å². The number of carbonyl (C=O) groups excluding carboxylic acids is 2. The number of amides is 2. The highest BCUT2D eigenvalue weighted by atomic mass is 16.2. The van der Waals surface area contributed by atoms with Gasteiger partial charge in [0, 0.05) is 51.0 Å². The van der Waals surface area contributed by atoms with Crippen LogP contribution >= 0.6 is 0 Å². The summed E-state index contributed by atoms with van der Waals surface area (Å²) in [6.45, 7) is 3.93. The van der Waals surface area contributed by atoms with Gasteiger partial charge in [-0.1, -0.05) is 54.6 Å². The van der Waals surface area contributed by atoms with E-state index in [0.717, 1.165) is 40.4 Å². The van der Waals surface area contributed by atoms with E-state index in [2.05, 4.69) is 35.3 Å². The number of fused-ring (bicyclic) bond motifs is 1. The highest BCUT2D eigenvalue weighted by Crippen LogP contribution is 2.24. The molecule has 0 spiro atoms. The fraction of sp³-hybridized carbons (Fsp3) is 0.290. The Bertz CT molecular complexity index is 1480. The number of hydrogen-bond donors (Lipinski definition) is 0. The van der Waals surface area contributed by atoms with Crippen LogP contribution in [0.3, 0.4) is 0 Å². The Morgan fingerprint density at radius 3 is 2.66 bits per heavy atom. The van der Waals surface area contributed by atoms with Gasteiger partial charge in [0.25, 0.3) is 0 Å². The Morgan fingerprint density at radius 1 is 1.08 bits per heavy atom. The summed E-state index contributed by atoms with van der Waals surface area (Å²) in [5.74, 6) is 0.0699. The number of likely N-dealkylation sites (tertiary alicyclic amines) is 1. The number of nitrogens with zero attached hydrogens (tertiary/aromatic N) is 5. The van der Waals surface area contributed by atoms with Gasteiger partial charge in [0.1, 0.15) is 0 Å². The molecule has 1 fully saturated rings. The minimum Gasteiger partial charge on any atom is -0.338 e. The summed E-state index contributed by atoms with van der Waals surface area (Å²) in [5.41, 5.74) is 3.63. The largest absolute Gasteiger partial charge is 0.338 e. The summed E-state index contributed by atoms with van der Waals surface area (Å²) >= 11 is 0. The Balaban J connectivity index is 1.26. The Morgan fingerprint density at radius 2 is 1.87 bits per heavy atom. The second-order valence-corrected chi connectivity index (χ2v) is 9.92. The summed E-state index contributed by atoms with van der Waals surface area (Å²) in [4.78, 5) is 34.2. The van der Waals surface area contributed by atoms with Gasteiger partial charge in [-0.25, -0.2) is 4.98 Å². The first-order chi connectivity index (χ1) is 18.5. The predicted molar refractivity (Wildman–Crippen MR) is 146 cm³/mol. The minimum atomic E-state index is -0.00345. The van der Waals surface area contributed by atoms with Crippen LogP contribution in [0.4, 0.5) is 0 Å². The summed E-state index contributed by atoms with van der Waals surface area (Å²) in [6.07, 6.45) is 5.56. The maximum atomic E-state index is 13.4. The quantitative estimate of drug-likeness (QED) is 0.352. The van der Waals surface area contributed by atoms with Crippen molar-refractivity contribution in [2.45, 2.75) is 45.3 Å². The molecule has 192 valence electrons. The van der Waals surface area contributed by atoms with Crippen molar-refractivity contribution in [1.29, 1.82) is 5.26 Å². The first kappa shape index (κ1) is 25.2. The van der Waals surface area contributed by atoms with Gasteiger partial charge in [-0.2, -0.15) is 5.26 Å². The van der Waals surface area contributed by atoms with Crippen LogP contribution in [0.2, 0.25) is 0 Å². The number of rotatable bonds is 8. The van der Waals surface area contributed by atoms with E-state index in [4.69, 9.17) is 5.26 Å². The average Bonchev–Trinajstić information content (AvgIpc) is 3.58. The topological polar surface area (TPSA) is 82.2 Å². The fourth-order valence-electron chi connectivity index (χ4n) is 5.32. The highest BCUT2D eigenvalue weighted by Gasteiger charge is 2.31. The molecule has 0 radical (unpaired) electrons. The van der Waals surface area contributed by atoms with Crippen molar-refractivity contribution in [3.8, 4) is 6.07 Å². The molecule has 0 saturated carbocycles. The van der Waals surface area contributed by atoms with Crippen LogP contribution in [0.1, 0.15) is 42.1 Å². The van der Waals surface area contributed by atoms with Crippen molar-refractivity contribution < 1.29 is 9.59 Å². The molecule has 0 N–H and O–H groups in total. The zero-order valence-electron chi connectivity index (χ0n) is 21.6. The predicted octanol–water partition coefficient (Wildman–Crippen LogP) is 4.54. The Labute approximate surface area is 222 Å². The molecule has 2 heterocycles. The van der Waals surface area contributed by atoms with Crippen molar-refractivity contribution in [2.24, 2.45) is 0 Å². The molecule has 7 nitrogen and oxygen atoms in total. The van der Waals surface area contributed by atoms with E-state index < -0.39 is 0 Å². The van der Waals surface area contributed by atoms with E-state index in [-0.39, 0.29) is 24.3 Å². The van der Waals surface area contributed by atoms with Gasteiger partial charge in [-0.15, -0.1) is 0 Å². The lowest BCUT2D eigenvalue weighted by Crippen LogP contribution is -2.45. The number of aromatic nitrogens is 2. The molecule has 1 aromatic heterocycles. The molecule has 3 aromatic carbocycles. The molecular weight excluding hydrogens is 474 g/mol. The van der Waals surface area contributed by atoms with Gasteiger partial charge in [0.05, 0.1) is 24.4 Å². The minimum absolute atomic E-state index is 0.00345. The molecule has 38 heavy (non-hydrogen) atoms. The normalized spacial score (nSPS) is 14.9. The fourth-order valence-corrected chi connectivity index (χ4v) is 5.32. The average molecular weight is 506 g/mol. The van der Waals surface area contributed by atoms with Gasteiger partial charge < -0.3 is 14.4 Å². The zero-order valence-corrected chi connectivity index (χ0v) is 21.6. The molecule has 5 rings (SSSR count). The maximum Gasteiger partial charge on any atom is 0.228 e. The van der Waals surface area contributed by atoms with E-state index >= 15 is 0 Å². The van der Waals surface area contributed by atoms with Crippen LogP contribution in [0, 0.1) is 11.3 Å². The van der Waals surface area contributed by atoms with Crippen LogP contribution in [-0.4, -0.2) is 50.3 Å². The first-order valence-electron chi connectivity index (χ1n) is 13.0. The molecule has 0 bridgehead atoms. The third-order valence-corrected chi connectivity index (χ3v) is 7.38. The van der Waals surface area contributed by atoms with Crippen LogP contribution in [0.15, 0.2) is 79.3 Å². The molecular formula is C31H31N5O2. The van der Waals surface area contributed by atoms with E-state index in [9.17, 15) is 9.59 Å². The Kier molecular flexibility index (Phi) is 7.50. The van der Waals surface area contributed by atoms with E-state index in [0.29, 0.717) is 31.7 Å². The van der Waals surface area contributed by atoms with Gasteiger partial charge in [0.2, 0.25) is 11.8 Å². The van der Waals surface area contributed by atoms with Crippen molar-refractivity contribution in [3.63, 3.8) is 0 Å². The lowest BCUT2D eigenvalue weighted by Gasteiger charge is -2.31. The molecule has 1 aliphatic heterocycles. The first-order valence-corrected chi connectivity index (χ1v) is 13.0. The van der Waals surface area contributed by atoms with E-state index in [1.807, 2.05) is 44.7 Å². The second-order valence-electron chi connectivity index (χ2n) is 9.92. The maximum absolute atomic E-state index is 13.4. The van der Waals surface area contributed by atoms with Gasteiger partial charge in [-0.3, -0.25) is 9.59 Å². The lowest BCUT2D eigenvalue weighted by atomic mass is 10.0. The number of nitriles is 1. The molecule has 1 aliphatic rings. The van der Waals surface area contributed by atoms with Gasteiger partial charge in [0.15, 0.2) is 0 Å². The third-order valence-electron chi connectivity index (χ3n) is 7.38. The molecule has 7 heteroatoms. The van der Waals surface area contributed by atoms with Crippen LogP contribution in [-0.2, 0) is 29.1 Å². The summed E-state index contributed by atoms with van der Waals surface area (Å²) in [5, 5.41) is 11.3. The third kappa shape index (κ3) is 5.60. The molecule has 0 unspecified atom stereocenters. The summed E-state index contributed by atoms with van der Waals surface area (Å²) in [7, 11) is 0. The second kappa shape index (κ2) is 11.3.